The standard InChI is InChI=1S/C12H17NO2S2/c1-4-7-10(5-2)13-17(14,15)12-9-8-11(6-3)16-12/h2,8-10,13H,4,6-7H2,1,3H3. The quantitative estimate of drug-likeness (QED) is 0.808. The van der Waals surface area contributed by atoms with E-state index in [4.69, 9.17) is 6.42 Å². The van der Waals surface area contributed by atoms with Crippen molar-refractivity contribution in [2.45, 2.75) is 43.4 Å². The molecule has 0 aliphatic heterocycles. The van der Waals surface area contributed by atoms with E-state index in [9.17, 15) is 8.42 Å². The van der Waals surface area contributed by atoms with Crippen LogP contribution >= 0.6 is 11.3 Å². The summed E-state index contributed by atoms with van der Waals surface area (Å²) < 4.78 is 26.9. The van der Waals surface area contributed by atoms with Gasteiger partial charge in [-0.15, -0.1) is 17.8 Å². The number of rotatable bonds is 6. The number of sulfonamides is 1. The highest BCUT2D eigenvalue weighted by Crippen LogP contribution is 2.22. The van der Waals surface area contributed by atoms with Crippen LogP contribution in [0.3, 0.4) is 0 Å². The molecule has 0 aliphatic rings. The normalized spacial score (nSPS) is 13.2. The molecule has 1 rings (SSSR count). The average Bonchev–Trinajstić information content (AvgIpc) is 2.77. The van der Waals surface area contributed by atoms with Crippen LogP contribution in [0.5, 0.6) is 0 Å². The lowest BCUT2D eigenvalue weighted by Crippen LogP contribution is -2.33. The van der Waals surface area contributed by atoms with Crippen LogP contribution in [-0.4, -0.2) is 14.5 Å². The summed E-state index contributed by atoms with van der Waals surface area (Å²) in [5.41, 5.74) is 0. The summed E-state index contributed by atoms with van der Waals surface area (Å²) in [4.78, 5) is 1.05. The number of aryl methyl sites for hydroxylation is 1. The van der Waals surface area contributed by atoms with Gasteiger partial charge in [0.25, 0.3) is 10.0 Å². The molecular weight excluding hydrogens is 254 g/mol. The van der Waals surface area contributed by atoms with Gasteiger partial charge in [-0.2, -0.15) is 4.72 Å². The lowest BCUT2D eigenvalue weighted by molar-refractivity contribution is 0.566. The predicted octanol–water partition coefficient (Wildman–Crippen LogP) is 2.39. The van der Waals surface area contributed by atoms with Crippen molar-refractivity contribution in [3.63, 3.8) is 0 Å². The molecule has 0 saturated carbocycles. The Kier molecular flexibility index (Phi) is 5.19. The summed E-state index contributed by atoms with van der Waals surface area (Å²) in [6.07, 6.45) is 7.65. The maximum atomic E-state index is 12.0. The SMILES string of the molecule is C#CC(CCC)NS(=O)(=O)c1ccc(CC)s1. The molecule has 1 heterocycles. The van der Waals surface area contributed by atoms with E-state index in [0.717, 1.165) is 17.7 Å². The zero-order valence-electron chi connectivity index (χ0n) is 10.1. The fourth-order valence-corrected chi connectivity index (χ4v) is 3.91. The number of terminal acetylenes is 1. The maximum Gasteiger partial charge on any atom is 0.251 e. The third-order valence-electron chi connectivity index (χ3n) is 2.33. The van der Waals surface area contributed by atoms with Gasteiger partial charge in [0.15, 0.2) is 0 Å². The molecule has 3 nitrogen and oxygen atoms in total. The molecule has 1 aromatic heterocycles. The molecule has 1 atom stereocenters. The first kappa shape index (κ1) is 14.2. The summed E-state index contributed by atoms with van der Waals surface area (Å²) in [5, 5.41) is 0. The first-order chi connectivity index (χ1) is 8.03. The number of hydrogen-bond donors (Lipinski definition) is 1. The highest BCUT2D eigenvalue weighted by atomic mass is 32.2. The second-order valence-electron chi connectivity index (χ2n) is 3.70. The van der Waals surface area contributed by atoms with Crippen molar-refractivity contribution < 1.29 is 8.42 Å². The minimum absolute atomic E-state index is 0.339. The van der Waals surface area contributed by atoms with E-state index in [1.165, 1.54) is 11.3 Å². The fourth-order valence-electron chi connectivity index (χ4n) is 1.40. The molecule has 17 heavy (non-hydrogen) atoms. The molecule has 0 amide bonds. The van der Waals surface area contributed by atoms with Gasteiger partial charge < -0.3 is 0 Å². The first-order valence-corrected chi connectivity index (χ1v) is 7.90. The molecule has 0 radical (unpaired) electrons. The van der Waals surface area contributed by atoms with E-state index in [1.54, 1.807) is 6.07 Å². The number of nitrogens with one attached hydrogen (secondary N) is 1. The lowest BCUT2D eigenvalue weighted by Gasteiger charge is -2.11. The molecule has 0 aromatic carbocycles. The van der Waals surface area contributed by atoms with Gasteiger partial charge in [-0.1, -0.05) is 26.2 Å². The Hall–Kier alpha value is -0.830. The summed E-state index contributed by atoms with van der Waals surface area (Å²) in [5.74, 6) is 2.46. The van der Waals surface area contributed by atoms with Gasteiger partial charge in [-0.3, -0.25) is 0 Å². The van der Waals surface area contributed by atoms with E-state index >= 15 is 0 Å². The molecule has 1 aromatic rings. The monoisotopic (exact) mass is 271 g/mol. The fraction of sp³-hybridized carbons (Fsp3) is 0.500. The first-order valence-electron chi connectivity index (χ1n) is 5.60. The molecule has 0 aliphatic carbocycles. The van der Waals surface area contributed by atoms with Crippen LogP contribution < -0.4 is 4.72 Å². The summed E-state index contributed by atoms with van der Waals surface area (Å²) in [7, 11) is -3.46. The number of hydrogen-bond acceptors (Lipinski definition) is 3. The predicted molar refractivity (Wildman–Crippen MR) is 71.5 cm³/mol. The highest BCUT2D eigenvalue weighted by Gasteiger charge is 2.19. The van der Waals surface area contributed by atoms with Gasteiger partial charge in [0.05, 0.1) is 6.04 Å². The van der Waals surface area contributed by atoms with Crippen molar-refractivity contribution in [1.82, 2.24) is 4.72 Å². The Morgan fingerprint density at radius 2 is 2.18 bits per heavy atom. The molecular formula is C12H17NO2S2. The zero-order valence-corrected chi connectivity index (χ0v) is 11.7. The van der Waals surface area contributed by atoms with Crippen LogP contribution in [0.2, 0.25) is 0 Å². The van der Waals surface area contributed by atoms with Crippen molar-refractivity contribution in [3.05, 3.63) is 17.0 Å². The van der Waals surface area contributed by atoms with E-state index in [2.05, 4.69) is 10.6 Å². The van der Waals surface area contributed by atoms with Crippen LogP contribution in [0, 0.1) is 12.3 Å². The molecule has 0 bridgehead atoms. The largest absolute Gasteiger partial charge is 0.251 e. The minimum Gasteiger partial charge on any atom is -0.206 e. The van der Waals surface area contributed by atoms with Gasteiger partial charge in [0, 0.05) is 4.88 Å². The van der Waals surface area contributed by atoms with Crippen LogP contribution in [0.25, 0.3) is 0 Å². The second kappa shape index (κ2) is 6.20. The van der Waals surface area contributed by atoms with Gasteiger partial charge in [-0.25, -0.2) is 8.42 Å². The molecule has 0 spiro atoms. The van der Waals surface area contributed by atoms with Crippen molar-refractivity contribution in [3.8, 4) is 12.3 Å². The van der Waals surface area contributed by atoms with Gasteiger partial charge >= 0.3 is 0 Å². The lowest BCUT2D eigenvalue weighted by atomic mass is 10.2. The van der Waals surface area contributed by atoms with Crippen molar-refractivity contribution in [2.24, 2.45) is 0 Å². The topological polar surface area (TPSA) is 46.2 Å². The van der Waals surface area contributed by atoms with Crippen LogP contribution in [0.4, 0.5) is 0 Å². The van der Waals surface area contributed by atoms with Crippen LogP contribution in [0.15, 0.2) is 16.3 Å². The Morgan fingerprint density at radius 1 is 1.47 bits per heavy atom. The van der Waals surface area contributed by atoms with Crippen molar-refractivity contribution in [2.75, 3.05) is 0 Å². The van der Waals surface area contributed by atoms with E-state index < -0.39 is 16.1 Å². The third-order valence-corrected chi connectivity index (χ3v) is 5.52. The van der Waals surface area contributed by atoms with Gasteiger partial charge in [0.2, 0.25) is 0 Å². The van der Waals surface area contributed by atoms with E-state index in [-0.39, 0.29) is 0 Å². The summed E-state index contributed by atoms with van der Waals surface area (Å²) in [6, 6.07) is 3.05. The number of thiophene rings is 1. The summed E-state index contributed by atoms with van der Waals surface area (Å²) >= 11 is 1.29. The van der Waals surface area contributed by atoms with Gasteiger partial charge in [-0.05, 0) is 25.0 Å². The van der Waals surface area contributed by atoms with Crippen molar-refractivity contribution in [1.29, 1.82) is 0 Å². The molecule has 94 valence electrons. The van der Waals surface area contributed by atoms with E-state index in [0.29, 0.717) is 10.6 Å². The third kappa shape index (κ3) is 3.84. The Bertz CT molecular complexity index is 497. The average molecular weight is 271 g/mol. The van der Waals surface area contributed by atoms with Crippen LogP contribution in [-0.2, 0) is 16.4 Å². The summed E-state index contributed by atoms with van der Waals surface area (Å²) in [6.45, 7) is 3.97. The molecule has 1 unspecified atom stereocenters. The van der Waals surface area contributed by atoms with E-state index in [1.807, 2.05) is 19.9 Å². The maximum absolute atomic E-state index is 12.0. The van der Waals surface area contributed by atoms with Gasteiger partial charge in [0.1, 0.15) is 4.21 Å². The molecule has 1 N–H and O–H groups in total. The molecule has 0 saturated heterocycles. The Balaban J connectivity index is 2.85. The van der Waals surface area contributed by atoms with Crippen LogP contribution in [0.1, 0.15) is 31.6 Å². The molecule has 0 fully saturated rings. The Morgan fingerprint density at radius 3 is 2.65 bits per heavy atom. The Labute approximate surface area is 107 Å². The minimum atomic E-state index is -3.46. The van der Waals surface area contributed by atoms with Crippen molar-refractivity contribution >= 4 is 21.4 Å². The molecule has 5 heteroatoms. The second-order valence-corrected chi connectivity index (χ2v) is 6.81. The highest BCUT2D eigenvalue weighted by molar-refractivity contribution is 7.91. The smallest absolute Gasteiger partial charge is 0.206 e. The zero-order chi connectivity index (χ0) is 12.9.